The van der Waals surface area contributed by atoms with Crippen LogP contribution in [0.25, 0.3) is 0 Å². The minimum absolute atomic E-state index is 0.314. The lowest BCUT2D eigenvalue weighted by molar-refractivity contribution is 0.462. The summed E-state index contributed by atoms with van der Waals surface area (Å²) in [5.41, 5.74) is 4.35. The fraction of sp³-hybridized carbons (Fsp3) is 0.538. The van der Waals surface area contributed by atoms with Crippen molar-refractivity contribution in [3.8, 4) is 0 Å². The molecular formula is C13H20N2. The maximum atomic E-state index is 3.20. The number of nitrogens with zero attached hydrogens (tertiary/aromatic N) is 1. The Hall–Kier alpha value is -1.18. The van der Waals surface area contributed by atoms with E-state index < -0.39 is 0 Å². The minimum Gasteiger partial charge on any atom is -0.388 e. The summed E-state index contributed by atoms with van der Waals surface area (Å²) < 4.78 is 0. The van der Waals surface area contributed by atoms with E-state index in [4.69, 9.17) is 0 Å². The zero-order valence-electron chi connectivity index (χ0n) is 10.1. The number of nitrogens with one attached hydrogen (secondary N) is 1. The van der Waals surface area contributed by atoms with Crippen LogP contribution < -0.4 is 10.2 Å². The van der Waals surface area contributed by atoms with Gasteiger partial charge in [-0.05, 0) is 29.5 Å². The molecule has 0 atom stereocenters. The van der Waals surface area contributed by atoms with Crippen LogP contribution in [0.15, 0.2) is 18.2 Å². The highest BCUT2D eigenvalue weighted by Gasteiger charge is 2.29. The molecule has 15 heavy (non-hydrogen) atoms. The van der Waals surface area contributed by atoms with Crippen molar-refractivity contribution in [3.05, 3.63) is 23.8 Å². The van der Waals surface area contributed by atoms with Crippen LogP contribution in [0.1, 0.15) is 25.8 Å². The zero-order chi connectivity index (χ0) is 11.1. The van der Waals surface area contributed by atoms with Crippen molar-refractivity contribution in [3.63, 3.8) is 0 Å². The zero-order valence-corrected chi connectivity index (χ0v) is 10.1. The van der Waals surface area contributed by atoms with E-state index in [1.54, 1.807) is 0 Å². The third-order valence-corrected chi connectivity index (χ3v) is 3.50. The van der Waals surface area contributed by atoms with Crippen LogP contribution in [0.5, 0.6) is 0 Å². The molecule has 0 saturated carbocycles. The highest BCUT2D eigenvalue weighted by atomic mass is 15.1. The quantitative estimate of drug-likeness (QED) is 0.756. The summed E-state index contributed by atoms with van der Waals surface area (Å²) in [5.74, 6) is 0. The number of hydrogen-bond donors (Lipinski definition) is 1. The Kier molecular flexibility index (Phi) is 2.37. The summed E-state index contributed by atoms with van der Waals surface area (Å²) in [5, 5.41) is 3.20. The second kappa shape index (κ2) is 3.44. The second-order valence-electron chi connectivity index (χ2n) is 5.04. The number of benzene rings is 1. The first-order valence-corrected chi connectivity index (χ1v) is 5.58. The van der Waals surface area contributed by atoms with Gasteiger partial charge in [-0.1, -0.05) is 19.9 Å². The second-order valence-corrected chi connectivity index (χ2v) is 5.04. The monoisotopic (exact) mass is 204 g/mol. The maximum Gasteiger partial charge on any atom is 0.0422 e. The molecule has 2 nitrogen and oxygen atoms in total. The van der Waals surface area contributed by atoms with E-state index in [0.29, 0.717) is 5.41 Å². The summed E-state index contributed by atoms with van der Waals surface area (Å²) in [6, 6.07) is 6.67. The van der Waals surface area contributed by atoms with E-state index in [9.17, 15) is 0 Å². The van der Waals surface area contributed by atoms with Crippen molar-refractivity contribution in [1.29, 1.82) is 0 Å². The van der Waals surface area contributed by atoms with Crippen LogP contribution in [0.4, 0.5) is 11.4 Å². The molecule has 2 heteroatoms. The molecule has 1 heterocycles. The standard InChI is InChI=1S/C13H20N2/c1-13(2)7-8-15(4)12-9-10(14-3)5-6-11(12)13/h5-6,9,14H,7-8H2,1-4H3. The highest BCUT2D eigenvalue weighted by Crippen LogP contribution is 2.39. The van der Waals surface area contributed by atoms with Crippen molar-refractivity contribution >= 4 is 11.4 Å². The van der Waals surface area contributed by atoms with Crippen molar-refractivity contribution < 1.29 is 0 Å². The first-order valence-electron chi connectivity index (χ1n) is 5.58. The van der Waals surface area contributed by atoms with Crippen LogP contribution >= 0.6 is 0 Å². The van der Waals surface area contributed by atoms with Crippen molar-refractivity contribution in [1.82, 2.24) is 0 Å². The Morgan fingerprint density at radius 3 is 2.73 bits per heavy atom. The predicted molar refractivity (Wildman–Crippen MR) is 66.9 cm³/mol. The number of hydrogen-bond acceptors (Lipinski definition) is 2. The van der Waals surface area contributed by atoms with Gasteiger partial charge in [0.25, 0.3) is 0 Å². The van der Waals surface area contributed by atoms with Crippen molar-refractivity contribution in [2.45, 2.75) is 25.7 Å². The SMILES string of the molecule is CNc1ccc2c(c1)N(C)CCC2(C)C. The molecule has 1 aliphatic rings. The molecule has 2 rings (SSSR count). The molecule has 82 valence electrons. The van der Waals surface area contributed by atoms with Crippen LogP contribution in [0.3, 0.4) is 0 Å². The molecular weight excluding hydrogens is 184 g/mol. The number of anilines is 2. The van der Waals surface area contributed by atoms with E-state index >= 15 is 0 Å². The summed E-state index contributed by atoms with van der Waals surface area (Å²) in [6.45, 7) is 5.81. The highest BCUT2D eigenvalue weighted by molar-refractivity contribution is 5.65. The molecule has 1 N–H and O–H groups in total. The van der Waals surface area contributed by atoms with Crippen molar-refractivity contribution in [2.75, 3.05) is 30.9 Å². The van der Waals surface area contributed by atoms with Gasteiger partial charge in [0, 0.05) is 32.0 Å². The van der Waals surface area contributed by atoms with Gasteiger partial charge in [0.05, 0.1) is 0 Å². The van der Waals surface area contributed by atoms with Gasteiger partial charge >= 0.3 is 0 Å². The number of rotatable bonds is 1. The number of fused-ring (bicyclic) bond motifs is 1. The molecule has 0 saturated heterocycles. The third kappa shape index (κ3) is 1.69. The normalized spacial score (nSPS) is 18.5. The molecule has 0 unspecified atom stereocenters. The lowest BCUT2D eigenvalue weighted by atomic mass is 9.78. The minimum atomic E-state index is 0.314. The molecule has 0 aromatic heterocycles. The molecule has 0 radical (unpaired) electrons. The average molecular weight is 204 g/mol. The Morgan fingerprint density at radius 2 is 2.07 bits per heavy atom. The average Bonchev–Trinajstić information content (AvgIpc) is 2.23. The summed E-state index contributed by atoms with van der Waals surface area (Å²) in [7, 11) is 4.14. The Labute approximate surface area is 92.3 Å². The van der Waals surface area contributed by atoms with Gasteiger partial charge in [-0.15, -0.1) is 0 Å². The van der Waals surface area contributed by atoms with E-state index in [2.05, 4.69) is 49.3 Å². The molecule has 1 aromatic rings. The lowest BCUT2D eigenvalue weighted by Gasteiger charge is -2.38. The predicted octanol–water partition coefficient (Wildman–Crippen LogP) is 2.85. The molecule has 0 aliphatic carbocycles. The van der Waals surface area contributed by atoms with Gasteiger partial charge in [-0.25, -0.2) is 0 Å². The maximum absolute atomic E-state index is 3.20. The molecule has 0 bridgehead atoms. The fourth-order valence-electron chi connectivity index (χ4n) is 2.28. The van der Waals surface area contributed by atoms with Crippen LogP contribution in [-0.4, -0.2) is 20.6 Å². The summed E-state index contributed by atoms with van der Waals surface area (Å²) >= 11 is 0. The smallest absolute Gasteiger partial charge is 0.0422 e. The molecule has 0 amide bonds. The van der Waals surface area contributed by atoms with Gasteiger partial charge < -0.3 is 10.2 Å². The summed E-state index contributed by atoms with van der Waals surface area (Å²) in [6.07, 6.45) is 1.23. The van der Waals surface area contributed by atoms with E-state index in [1.165, 1.54) is 23.4 Å². The Bertz CT molecular complexity index is 369. The van der Waals surface area contributed by atoms with Gasteiger partial charge in [0.2, 0.25) is 0 Å². The Balaban J connectivity index is 2.52. The molecule has 1 aliphatic heterocycles. The topological polar surface area (TPSA) is 15.3 Å². The molecule has 0 spiro atoms. The lowest BCUT2D eigenvalue weighted by Crippen LogP contribution is -2.34. The summed E-state index contributed by atoms with van der Waals surface area (Å²) in [4.78, 5) is 2.35. The van der Waals surface area contributed by atoms with Gasteiger partial charge in [-0.2, -0.15) is 0 Å². The fourth-order valence-corrected chi connectivity index (χ4v) is 2.28. The molecule has 1 aromatic carbocycles. The van der Waals surface area contributed by atoms with E-state index in [1.807, 2.05) is 7.05 Å². The third-order valence-electron chi connectivity index (χ3n) is 3.50. The van der Waals surface area contributed by atoms with Crippen LogP contribution in [0, 0.1) is 0 Å². The van der Waals surface area contributed by atoms with Gasteiger partial charge in [0.15, 0.2) is 0 Å². The van der Waals surface area contributed by atoms with Gasteiger partial charge in [-0.3, -0.25) is 0 Å². The van der Waals surface area contributed by atoms with E-state index in [-0.39, 0.29) is 0 Å². The van der Waals surface area contributed by atoms with E-state index in [0.717, 1.165) is 6.54 Å². The van der Waals surface area contributed by atoms with Crippen LogP contribution in [-0.2, 0) is 5.41 Å². The van der Waals surface area contributed by atoms with Gasteiger partial charge in [0.1, 0.15) is 0 Å². The first-order chi connectivity index (χ1) is 7.04. The van der Waals surface area contributed by atoms with Crippen LogP contribution in [0.2, 0.25) is 0 Å². The molecule has 0 fully saturated rings. The van der Waals surface area contributed by atoms with Crippen molar-refractivity contribution in [2.24, 2.45) is 0 Å². The first kappa shape index (κ1) is 10.3. The largest absolute Gasteiger partial charge is 0.388 e. The Morgan fingerprint density at radius 1 is 1.33 bits per heavy atom.